The number of halogens is 1. The van der Waals surface area contributed by atoms with Crippen molar-refractivity contribution in [1.29, 1.82) is 0 Å². The number of benzene rings is 1. The molecule has 0 aliphatic heterocycles. The van der Waals surface area contributed by atoms with E-state index in [9.17, 15) is 5.11 Å². The van der Waals surface area contributed by atoms with Crippen LogP contribution >= 0.6 is 24.0 Å². The Morgan fingerprint density at radius 2 is 1.90 bits per heavy atom. The number of nitrogens with one attached hydrogen (secondary N) is 2. The number of nitrogens with zero attached hydrogens (tertiary/aromatic N) is 3. The average molecular weight is 527 g/mol. The minimum absolute atomic E-state index is 0. The number of aromatic nitrogens is 2. The molecule has 6 nitrogen and oxygen atoms in total. The molecule has 0 aliphatic carbocycles. The van der Waals surface area contributed by atoms with Gasteiger partial charge in [-0.25, -0.2) is 9.98 Å². The maximum atomic E-state index is 9.44. The highest BCUT2D eigenvalue weighted by molar-refractivity contribution is 14.0. The quantitative estimate of drug-likeness (QED) is 0.234. The molecule has 1 aromatic carbocycles. The molecule has 0 aliphatic rings. The van der Waals surface area contributed by atoms with Gasteiger partial charge in [0.2, 0.25) is 0 Å². The van der Waals surface area contributed by atoms with Gasteiger partial charge < -0.3 is 20.3 Å². The topological polar surface area (TPSA) is 74.5 Å². The highest BCUT2D eigenvalue weighted by Crippen LogP contribution is 2.29. The Balaban J connectivity index is 0.00000450. The minimum atomic E-state index is 0. The number of hydrogen-bond donors (Lipinski definition) is 3. The Labute approximate surface area is 198 Å². The lowest BCUT2D eigenvalue weighted by molar-refractivity contribution is 0.169. The normalized spacial score (nSPS) is 11.8. The summed E-state index contributed by atoms with van der Waals surface area (Å²) in [6.07, 6.45) is 6.72. The van der Waals surface area contributed by atoms with E-state index in [0.717, 1.165) is 50.7 Å². The van der Waals surface area contributed by atoms with Gasteiger partial charge in [-0.2, -0.15) is 0 Å². The van der Waals surface area contributed by atoms with Gasteiger partial charge in [-0.1, -0.05) is 38.1 Å². The maximum Gasteiger partial charge on any atom is 0.191 e. The van der Waals surface area contributed by atoms with Gasteiger partial charge in [-0.05, 0) is 49.7 Å². The van der Waals surface area contributed by atoms with E-state index in [1.807, 2.05) is 19.3 Å². The summed E-state index contributed by atoms with van der Waals surface area (Å²) >= 11 is 0. The number of aliphatic hydroxyl groups is 1. The van der Waals surface area contributed by atoms with Gasteiger partial charge in [-0.15, -0.1) is 24.0 Å². The molecule has 0 bridgehead atoms. The second-order valence-corrected chi connectivity index (χ2v) is 7.65. The standard InChI is InChI=1S/C23H37N5O.HI/c1-5-23(6-2,11-14-29)18-27-22(24-7-3)26-16-20-9-8-10-21(15-20)17-28-13-12-25-19(28)4;/h8-10,12-13,15,29H,5-7,11,14,16-18H2,1-4H3,(H2,24,26,27);1H. The fourth-order valence-corrected chi connectivity index (χ4v) is 3.56. The van der Waals surface area contributed by atoms with Crippen molar-refractivity contribution in [2.45, 2.75) is 60.0 Å². The summed E-state index contributed by atoms with van der Waals surface area (Å²) in [7, 11) is 0. The van der Waals surface area contributed by atoms with Crippen LogP contribution in [0.25, 0.3) is 0 Å². The predicted molar refractivity (Wildman–Crippen MR) is 135 cm³/mol. The summed E-state index contributed by atoms with van der Waals surface area (Å²) in [5.41, 5.74) is 2.54. The lowest BCUT2D eigenvalue weighted by Gasteiger charge is -2.32. The molecule has 0 saturated carbocycles. The Kier molecular flexibility index (Phi) is 12.0. The van der Waals surface area contributed by atoms with Crippen LogP contribution in [0.2, 0.25) is 0 Å². The molecule has 0 fully saturated rings. The lowest BCUT2D eigenvalue weighted by Crippen LogP contribution is -2.43. The Bertz CT molecular complexity index is 770. The van der Waals surface area contributed by atoms with E-state index in [4.69, 9.17) is 4.99 Å². The third kappa shape index (κ3) is 7.91. The number of aliphatic hydroxyl groups excluding tert-OH is 1. The zero-order valence-corrected chi connectivity index (χ0v) is 21.1. The van der Waals surface area contributed by atoms with Crippen LogP contribution in [0.15, 0.2) is 41.7 Å². The molecule has 7 heteroatoms. The molecule has 30 heavy (non-hydrogen) atoms. The smallest absolute Gasteiger partial charge is 0.191 e. The van der Waals surface area contributed by atoms with Gasteiger partial charge in [0.1, 0.15) is 5.82 Å². The molecular formula is C23H38IN5O. The highest BCUT2D eigenvalue weighted by atomic mass is 127. The summed E-state index contributed by atoms with van der Waals surface area (Å²) in [5, 5.41) is 16.3. The second kappa shape index (κ2) is 13.6. The van der Waals surface area contributed by atoms with E-state index in [1.165, 1.54) is 11.1 Å². The van der Waals surface area contributed by atoms with E-state index >= 15 is 0 Å². The SMILES string of the molecule is CCNC(=NCc1cccc(Cn2ccnc2C)c1)NCC(CC)(CC)CCO.I. The zero-order valence-electron chi connectivity index (χ0n) is 18.8. The molecule has 2 rings (SSSR count). The summed E-state index contributed by atoms with van der Waals surface area (Å²) in [4.78, 5) is 9.08. The third-order valence-corrected chi connectivity index (χ3v) is 5.80. The van der Waals surface area contributed by atoms with Crippen molar-refractivity contribution in [3.63, 3.8) is 0 Å². The number of aryl methyl sites for hydroxylation is 1. The summed E-state index contributed by atoms with van der Waals surface area (Å²) < 4.78 is 2.14. The van der Waals surface area contributed by atoms with Gasteiger partial charge in [0.05, 0.1) is 6.54 Å². The summed E-state index contributed by atoms with van der Waals surface area (Å²) in [6, 6.07) is 8.56. The molecule has 1 heterocycles. The first kappa shape index (κ1) is 26.4. The number of hydrogen-bond acceptors (Lipinski definition) is 3. The van der Waals surface area contributed by atoms with Crippen LogP contribution in [-0.2, 0) is 13.1 Å². The molecule has 0 saturated heterocycles. The molecule has 0 spiro atoms. The van der Waals surface area contributed by atoms with Crippen molar-refractivity contribution in [2.75, 3.05) is 19.7 Å². The van der Waals surface area contributed by atoms with Gasteiger partial charge in [0, 0.05) is 38.6 Å². The van der Waals surface area contributed by atoms with E-state index in [1.54, 1.807) is 0 Å². The fraction of sp³-hybridized carbons (Fsp3) is 0.565. The van der Waals surface area contributed by atoms with Crippen LogP contribution in [0.4, 0.5) is 0 Å². The first-order chi connectivity index (χ1) is 14.1. The predicted octanol–water partition coefficient (Wildman–Crippen LogP) is 4.10. The monoisotopic (exact) mass is 527 g/mol. The molecule has 1 aromatic heterocycles. The first-order valence-corrected chi connectivity index (χ1v) is 10.7. The minimum Gasteiger partial charge on any atom is -0.396 e. The Hall–Kier alpha value is -1.61. The molecule has 0 radical (unpaired) electrons. The Morgan fingerprint density at radius 1 is 1.17 bits per heavy atom. The van der Waals surface area contributed by atoms with Crippen molar-refractivity contribution < 1.29 is 5.11 Å². The lowest BCUT2D eigenvalue weighted by atomic mass is 9.79. The van der Waals surface area contributed by atoms with Gasteiger partial charge in [-0.3, -0.25) is 0 Å². The van der Waals surface area contributed by atoms with Crippen molar-refractivity contribution >= 4 is 29.9 Å². The van der Waals surface area contributed by atoms with Crippen LogP contribution in [0.5, 0.6) is 0 Å². The molecular weight excluding hydrogens is 489 g/mol. The number of guanidine groups is 1. The number of imidazole rings is 1. The fourth-order valence-electron chi connectivity index (χ4n) is 3.56. The van der Waals surface area contributed by atoms with Crippen LogP contribution < -0.4 is 10.6 Å². The molecule has 0 unspecified atom stereocenters. The van der Waals surface area contributed by atoms with Crippen LogP contribution in [0.3, 0.4) is 0 Å². The van der Waals surface area contributed by atoms with Crippen LogP contribution in [0, 0.1) is 12.3 Å². The Morgan fingerprint density at radius 3 is 2.50 bits per heavy atom. The molecule has 2 aromatic rings. The van der Waals surface area contributed by atoms with E-state index in [2.05, 4.69) is 65.2 Å². The number of rotatable bonds is 11. The average Bonchev–Trinajstić information content (AvgIpc) is 3.14. The summed E-state index contributed by atoms with van der Waals surface area (Å²) in [5.74, 6) is 1.85. The molecule has 3 N–H and O–H groups in total. The van der Waals surface area contributed by atoms with Crippen LogP contribution in [0.1, 0.15) is 57.0 Å². The maximum absolute atomic E-state index is 9.44. The van der Waals surface area contributed by atoms with Crippen molar-refractivity contribution in [3.8, 4) is 0 Å². The highest BCUT2D eigenvalue weighted by Gasteiger charge is 2.25. The van der Waals surface area contributed by atoms with Gasteiger partial charge in [0.15, 0.2) is 5.96 Å². The van der Waals surface area contributed by atoms with E-state index < -0.39 is 0 Å². The molecule has 168 valence electrons. The zero-order chi connectivity index (χ0) is 21.1. The third-order valence-electron chi connectivity index (χ3n) is 5.80. The van der Waals surface area contributed by atoms with Crippen molar-refractivity contribution in [1.82, 2.24) is 20.2 Å². The van der Waals surface area contributed by atoms with E-state index in [-0.39, 0.29) is 36.0 Å². The van der Waals surface area contributed by atoms with E-state index in [0.29, 0.717) is 6.54 Å². The first-order valence-electron chi connectivity index (χ1n) is 10.7. The molecule has 0 atom stereocenters. The van der Waals surface area contributed by atoms with Crippen LogP contribution in [-0.4, -0.2) is 40.3 Å². The van der Waals surface area contributed by atoms with Gasteiger partial charge in [0.25, 0.3) is 0 Å². The largest absolute Gasteiger partial charge is 0.396 e. The van der Waals surface area contributed by atoms with Crippen molar-refractivity contribution in [3.05, 3.63) is 53.6 Å². The van der Waals surface area contributed by atoms with Crippen molar-refractivity contribution in [2.24, 2.45) is 10.4 Å². The van der Waals surface area contributed by atoms with Gasteiger partial charge >= 0.3 is 0 Å². The number of aliphatic imine (C=N–C) groups is 1. The molecule has 0 amide bonds. The second-order valence-electron chi connectivity index (χ2n) is 7.65. The summed E-state index contributed by atoms with van der Waals surface area (Å²) in [6.45, 7) is 11.8.